The van der Waals surface area contributed by atoms with E-state index in [1.54, 1.807) is 23.2 Å². The second-order valence-corrected chi connectivity index (χ2v) is 4.17. The van der Waals surface area contributed by atoms with Crippen LogP contribution >= 0.6 is 11.6 Å². The van der Waals surface area contributed by atoms with Gasteiger partial charge < -0.3 is 10.2 Å². The van der Waals surface area contributed by atoms with Crippen molar-refractivity contribution in [2.75, 3.05) is 18.4 Å². The summed E-state index contributed by atoms with van der Waals surface area (Å²) in [7, 11) is 0. The van der Waals surface area contributed by atoms with E-state index in [-0.39, 0.29) is 11.9 Å². The molecular weight excluding hydrogens is 238 g/mol. The molecule has 1 N–H and O–H groups in total. The Morgan fingerprint density at radius 3 is 2.59 bits per heavy atom. The summed E-state index contributed by atoms with van der Waals surface area (Å²) in [6, 6.07) is 3.21. The smallest absolute Gasteiger partial charge is 0.244 e. The lowest BCUT2D eigenvalue weighted by molar-refractivity contribution is -0.131. The number of pyridine rings is 1. The molecule has 0 aliphatic rings. The molecule has 0 saturated carbocycles. The number of hydrogen-bond acceptors (Lipinski definition) is 3. The molecule has 94 valence electrons. The number of likely N-dealkylation sites (N-methyl/N-ethyl adjacent to an activating group) is 1. The highest BCUT2D eigenvalue weighted by molar-refractivity contribution is 6.30. The van der Waals surface area contributed by atoms with Crippen LogP contribution < -0.4 is 5.32 Å². The van der Waals surface area contributed by atoms with Gasteiger partial charge in [-0.3, -0.25) is 4.79 Å². The van der Waals surface area contributed by atoms with E-state index >= 15 is 0 Å². The Labute approximate surface area is 107 Å². The van der Waals surface area contributed by atoms with Crippen molar-refractivity contribution in [3.8, 4) is 0 Å². The van der Waals surface area contributed by atoms with Crippen molar-refractivity contribution in [2.45, 2.75) is 26.8 Å². The number of nitrogens with zero attached hydrogens (tertiary/aromatic N) is 2. The summed E-state index contributed by atoms with van der Waals surface area (Å²) in [6.07, 6.45) is 1.55. The highest BCUT2D eigenvalue weighted by atomic mass is 35.5. The third-order valence-electron chi connectivity index (χ3n) is 2.54. The van der Waals surface area contributed by atoms with Crippen LogP contribution in [0.1, 0.15) is 20.8 Å². The molecule has 0 aromatic carbocycles. The number of hydrogen-bond donors (Lipinski definition) is 1. The molecule has 0 aliphatic heterocycles. The van der Waals surface area contributed by atoms with Crippen LogP contribution in [0.5, 0.6) is 0 Å². The molecular formula is C12H18ClN3O. The SMILES string of the molecule is CCN(CC)C(=O)C(C)Nc1ccc(Cl)cn1. The van der Waals surface area contributed by atoms with Gasteiger partial charge in [-0.25, -0.2) is 4.98 Å². The standard InChI is InChI=1S/C12H18ClN3O/c1-4-16(5-2)12(17)9(3)15-11-7-6-10(13)8-14-11/h6-9H,4-5H2,1-3H3,(H,14,15). The van der Waals surface area contributed by atoms with Gasteiger partial charge in [-0.1, -0.05) is 11.6 Å². The first-order chi connectivity index (χ1) is 8.08. The zero-order valence-corrected chi connectivity index (χ0v) is 11.2. The molecule has 5 heteroatoms. The van der Waals surface area contributed by atoms with Crippen molar-refractivity contribution in [1.82, 2.24) is 9.88 Å². The Hall–Kier alpha value is -1.29. The predicted molar refractivity (Wildman–Crippen MR) is 70.3 cm³/mol. The highest BCUT2D eigenvalue weighted by Crippen LogP contribution is 2.11. The fourth-order valence-corrected chi connectivity index (χ4v) is 1.67. The Morgan fingerprint density at radius 1 is 1.47 bits per heavy atom. The predicted octanol–water partition coefficient (Wildman–Crippen LogP) is 2.40. The molecule has 4 nitrogen and oxygen atoms in total. The van der Waals surface area contributed by atoms with Gasteiger partial charge in [0.2, 0.25) is 5.91 Å². The van der Waals surface area contributed by atoms with Crippen molar-refractivity contribution in [3.05, 3.63) is 23.4 Å². The summed E-state index contributed by atoms with van der Waals surface area (Å²) < 4.78 is 0. The number of carbonyl (C=O) groups is 1. The lowest BCUT2D eigenvalue weighted by Gasteiger charge is -2.23. The minimum atomic E-state index is -0.288. The Balaban J connectivity index is 2.62. The molecule has 1 aromatic heterocycles. The zero-order chi connectivity index (χ0) is 12.8. The van der Waals surface area contributed by atoms with Crippen molar-refractivity contribution in [2.24, 2.45) is 0 Å². The maximum Gasteiger partial charge on any atom is 0.244 e. The van der Waals surface area contributed by atoms with Crippen LogP contribution in [0.2, 0.25) is 5.02 Å². The Morgan fingerprint density at radius 2 is 2.12 bits per heavy atom. The minimum absolute atomic E-state index is 0.0757. The molecule has 0 fully saturated rings. The summed E-state index contributed by atoms with van der Waals surface area (Å²) >= 11 is 5.74. The summed E-state index contributed by atoms with van der Waals surface area (Å²) in [6.45, 7) is 7.20. The second kappa shape index (κ2) is 6.45. The number of amides is 1. The number of aromatic nitrogens is 1. The summed E-state index contributed by atoms with van der Waals surface area (Å²) in [5.74, 6) is 0.731. The van der Waals surface area contributed by atoms with Gasteiger partial charge in [0.05, 0.1) is 5.02 Å². The van der Waals surface area contributed by atoms with E-state index in [0.29, 0.717) is 10.8 Å². The second-order valence-electron chi connectivity index (χ2n) is 3.74. The molecule has 1 aromatic rings. The molecule has 1 amide bonds. The lowest BCUT2D eigenvalue weighted by atomic mass is 10.2. The fourth-order valence-electron chi connectivity index (χ4n) is 1.55. The van der Waals surface area contributed by atoms with Crippen LogP contribution in [0.3, 0.4) is 0 Å². The average molecular weight is 256 g/mol. The number of carbonyl (C=O) groups excluding carboxylic acids is 1. The third-order valence-corrected chi connectivity index (χ3v) is 2.76. The van der Waals surface area contributed by atoms with Crippen LogP contribution in [-0.2, 0) is 4.79 Å². The van der Waals surface area contributed by atoms with Crippen LogP contribution in [0.15, 0.2) is 18.3 Å². The molecule has 0 saturated heterocycles. The summed E-state index contributed by atoms with van der Waals surface area (Å²) in [4.78, 5) is 17.9. The van der Waals surface area contributed by atoms with Crippen LogP contribution in [-0.4, -0.2) is 34.9 Å². The quantitative estimate of drug-likeness (QED) is 0.879. The van der Waals surface area contributed by atoms with Gasteiger partial charge in [0.1, 0.15) is 11.9 Å². The van der Waals surface area contributed by atoms with Crippen LogP contribution in [0.4, 0.5) is 5.82 Å². The minimum Gasteiger partial charge on any atom is -0.359 e. The molecule has 1 rings (SSSR count). The maximum atomic E-state index is 12.0. The third kappa shape index (κ3) is 3.89. The van der Waals surface area contributed by atoms with Gasteiger partial charge >= 0.3 is 0 Å². The first kappa shape index (κ1) is 13.8. The van der Waals surface area contributed by atoms with E-state index in [1.807, 2.05) is 20.8 Å². The van der Waals surface area contributed by atoms with Crippen molar-refractivity contribution in [3.63, 3.8) is 0 Å². The van der Waals surface area contributed by atoms with E-state index in [0.717, 1.165) is 13.1 Å². The van der Waals surface area contributed by atoms with Gasteiger partial charge in [0, 0.05) is 19.3 Å². The Kier molecular flexibility index (Phi) is 5.22. The van der Waals surface area contributed by atoms with Gasteiger partial charge in [-0.15, -0.1) is 0 Å². The van der Waals surface area contributed by atoms with E-state index in [4.69, 9.17) is 11.6 Å². The maximum absolute atomic E-state index is 12.0. The zero-order valence-electron chi connectivity index (χ0n) is 10.4. The van der Waals surface area contributed by atoms with Gasteiger partial charge in [0.25, 0.3) is 0 Å². The number of nitrogens with one attached hydrogen (secondary N) is 1. The fraction of sp³-hybridized carbons (Fsp3) is 0.500. The van der Waals surface area contributed by atoms with E-state index in [9.17, 15) is 4.79 Å². The van der Waals surface area contributed by atoms with E-state index < -0.39 is 0 Å². The molecule has 1 atom stereocenters. The summed E-state index contributed by atoms with van der Waals surface area (Å²) in [5.41, 5.74) is 0. The van der Waals surface area contributed by atoms with Crippen molar-refractivity contribution >= 4 is 23.3 Å². The largest absolute Gasteiger partial charge is 0.359 e. The first-order valence-electron chi connectivity index (χ1n) is 5.75. The summed E-state index contributed by atoms with van der Waals surface area (Å²) in [5, 5.41) is 3.64. The van der Waals surface area contributed by atoms with Crippen molar-refractivity contribution < 1.29 is 4.79 Å². The van der Waals surface area contributed by atoms with E-state index in [1.165, 1.54) is 0 Å². The van der Waals surface area contributed by atoms with Crippen molar-refractivity contribution in [1.29, 1.82) is 0 Å². The molecule has 0 bridgehead atoms. The normalized spacial score (nSPS) is 12.0. The number of rotatable bonds is 5. The molecule has 17 heavy (non-hydrogen) atoms. The topological polar surface area (TPSA) is 45.2 Å². The highest BCUT2D eigenvalue weighted by Gasteiger charge is 2.17. The molecule has 1 unspecified atom stereocenters. The average Bonchev–Trinajstić information content (AvgIpc) is 2.33. The van der Waals surface area contributed by atoms with E-state index in [2.05, 4.69) is 10.3 Å². The van der Waals surface area contributed by atoms with Crippen LogP contribution in [0, 0.1) is 0 Å². The molecule has 1 heterocycles. The van der Waals surface area contributed by atoms with Gasteiger partial charge in [-0.05, 0) is 32.9 Å². The lowest BCUT2D eigenvalue weighted by Crippen LogP contribution is -2.41. The molecule has 0 spiro atoms. The molecule has 0 aliphatic carbocycles. The van der Waals surface area contributed by atoms with Gasteiger partial charge in [0.15, 0.2) is 0 Å². The number of halogens is 1. The molecule has 0 radical (unpaired) electrons. The number of anilines is 1. The van der Waals surface area contributed by atoms with Gasteiger partial charge in [-0.2, -0.15) is 0 Å². The monoisotopic (exact) mass is 255 g/mol. The van der Waals surface area contributed by atoms with Crippen LogP contribution in [0.25, 0.3) is 0 Å². The first-order valence-corrected chi connectivity index (χ1v) is 6.13. The Bertz CT molecular complexity index is 363.